The summed E-state index contributed by atoms with van der Waals surface area (Å²) in [7, 11) is 1.18. The summed E-state index contributed by atoms with van der Waals surface area (Å²) in [5, 5.41) is 59.9. The van der Waals surface area contributed by atoms with Gasteiger partial charge in [0.2, 0.25) is 6.29 Å². The molecular weight excluding hydrogens is 532 g/mol. The quantitative estimate of drug-likeness (QED) is 0.137. The first-order chi connectivity index (χ1) is 19.0. The van der Waals surface area contributed by atoms with Gasteiger partial charge >= 0.3 is 11.9 Å². The minimum Gasteiger partial charge on any atom is -0.468 e. The Bertz CT molecular complexity index is 933. The van der Waals surface area contributed by atoms with Crippen LogP contribution >= 0.6 is 0 Å². The molecule has 1 saturated heterocycles. The second kappa shape index (κ2) is 14.2. The molecule has 0 aromatic carbocycles. The third kappa shape index (κ3) is 6.85. The van der Waals surface area contributed by atoms with Crippen molar-refractivity contribution in [2.24, 2.45) is 29.6 Å². The van der Waals surface area contributed by atoms with E-state index >= 15 is 0 Å². The standard InChI is InChI=1S/C27H42O13/c1-5-14-16(7-21(31)37-10-17-13(3)19(30)6-15(17)12(2)8-28)18(25(35)36-4)11-38-26(14)40-27-24(34)23(33)22(32)20(9-29)39-27/h5,11-13,15-17,19-20,22-24,26-30,32-34H,6-10H2,1-4H3/b14-5+/t12-,13+,15-,16-,17+,19-,20+,22+,23-,24+,26-,27-/m0/s1. The van der Waals surface area contributed by atoms with E-state index in [1.54, 1.807) is 13.0 Å². The Hall–Kier alpha value is -2.10. The van der Waals surface area contributed by atoms with E-state index < -0.39 is 67.6 Å². The number of aliphatic hydroxyl groups is 6. The Morgan fingerprint density at radius 1 is 1.15 bits per heavy atom. The van der Waals surface area contributed by atoms with Crippen LogP contribution in [0.5, 0.6) is 0 Å². The Labute approximate surface area is 232 Å². The second-order valence-electron chi connectivity index (χ2n) is 10.7. The molecule has 2 heterocycles. The van der Waals surface area contributed by atoms with Gasteiger partial charge in [-0.15, -0.1) is 0 Å². The molecule has 1 aliphatic carbocycles. The molecule has 0 spiro atoms. The average molecular weight is 575 g/mol. The van der Waals surface area contributed by atoms with E-state index in [1.807, 2.05) is 13.8 Å². The lowest BCUT2D eigenvalue weighted by atomic mass is 9.83. The smallest absolute Gasteiger partial charge is 0.337 e. The summed E-state index contributed by atoms with van der Waals surface area (Å²) in [6.45, 7) is 4.72. The highest BCUT2D eigenvalue weighted by atomic mass is 16.8. The summed E-state index contributed by atoms with van der Waals surface area (Å²) in [4.78, 5) is 25.6. The number of methoxy groups -OCH3 is 1. The van der Waals surface area contributed by atoms with Gasteiger partial charge in [-0.25, -0.2) is 4.79 Å². The molecule has 0 bridgehead atoms. The Kier molecular flexibility index (Phi) is 11.5. The summed E-state index contributed by atoms with van der Waals surface area (Å²) in [6, 6.07) is 0. The van der Waals surface area contributed by atoms with Gasteiger partial charge in [0.1, 0.15) is 24.4 Å². The van der Waals surface area contributed by atoms with Gasteiger partial charge in [-0.05, 0) is 31.1 Å². The van der Waals surface area contributed by atoms with Crippen molar-refractivity contribution in [3.05, 3.63) is 23.5 Å². The number of carbonyl (C=O) groups excluding carboxylic acids is 2. The molecule has 3 rings (SSSR count). The monoisotopic (exact) mass is 574 g/mol. The normalized spacial score (nSPS) is 39.8. The third-order valence-electron chi connectivity index (χ3n) is 8.40. The van der Waals surface area contributed by atoms with Crippen molar-refractivity contribution in [3.63, 3.8) is 0 Å². The van der Waals surface area contributed by atoms with Crippen molar-refractivity contribution in [2.75, 3.05) is 26.9 Å². The fourth-order valence-electron chi connectivity index (χ4n) is 5.75. The number of hydrogen-bond donors (Lipinski definition) is 6. The minimum absolute atomic E-state index is 0.0256. The van der Waals surface area contributed by atoms with Gasteiger partial charge in [0.05, 0.1) is 44.7 Å². The van der Waals surface area contributed by atoms with Gasteiger partial charge in [0, 0.05) is 24.0 Å². The summed E-state index contributed by atoms with van der Waals surface area (Å²) in [5.41, 5.74) is 0.339. The molecule has 13 nitrogen and oxygen atoms in total. The zero-order valence-corrected chi connectivity index (χ0v) is 23.2. The maximum absolute atomic E-state index is 13.1. The highest BCUT2D eigenvalue weighted by Crippen LogP contribution is 2.42. The van der Waals surface area contributed by atoms with Crippen molar-refractivity contribution in [1.82, 2.24) is 0 Å². The molecule has 0 unspecified atom stereocenters. The SMILES string of the molecule is C/C=C1/[C@H](O[C@@H]2O[C@H](CO)[C@@H](O)[C@H](O)[C@H]2O)OC=C(C(=O)OC)[C@H]1CC(=O)OC[C@@H]1[C@@H](C)[C@@H](O)C[C@H]1[C@@H](C)CO. The van der Waals surface area contributed by atoms with Crippen LogP contribution in [0, 0.1) is 29.6 Å². The van der Waals surface area contributed by atoms with Crippen molar-refractivity contribution in [1.29, 1.82) is 0 Å². The van der Waals surface area contributed by atoms with E-state index in [2.05, 4.69) is 0 Å². The molecule has 0 amide bonds. The topological polar surface area (TPSA) is 202 Å². The first-order valence-corrected chi connectivity index (χ1v) is 13.5. The lowest BCUT2D eigenvalue weighted by molar-refractivity contribution is -0.327. The average Bonchev–Trinajstić information content (AvgIpc) is 3.24. The van der Waals surface area contributed by atoms with E-state index in [0.717, 1.165) is 6.26 Å². The molecular formula is C27H42O13. The highest BCUT2D eigenvalue weighted by Gasteiger charge is 2.47. The number of allylic oxidation sites excluding steroid dienone is 1. The molecule has 2 aliphatic heterocycles. The van der Waals surface area contributed by atoms with E-state index in [1.165, 1.54) is 7.11 Å². The maximum atomic E-state index is 13.1. The Balaban J connectivity index is 1.75. The van der Waals surface area contributed by atoms with Crippen molar-refractivity contribution in [3.8, 4) is 0 Å². The van der Waals surface area contributed by atoms with Crippen LogP contribution in [0.2, 0.25) is 0 Å². The number of carbonyl (C=O) groups is 2. The summed E-state index contributed by atoms with van der Waals surface area (Å²) in [6.07, 6.45) is -6.64. The zero-order chi connectivity index (χ0) is 29.7. The van der Waals surface area contributed by atoms with Crippen LogP contribution in [0.4, 0.5) is 0 Å². The van der Waals surface area contributed by atoms with Crippen LogP contribution in [-0.4, -0.2) is 113 Å². The fourth-order valence-corrected chi connectivity index (χ4v) is 5.75. The number of hydrogen-bond acceptors (Lipinski definition) is 13. The number of ether oxygens (including phenoxy) is 5. The molecule has 0 aromatic rings. The molecule has 228 valence electrons. The van der Waals surface area contributed by atoms with Gasteiger partial charge in [-0.3, -0.25) is 4.79 Å². The van der Waals surface area contributed by atoms with E-state index in [-0.39, 0.29) is 48.9 Å². The van der Waals surface area contributed by atoms with Crippen molar-refractivity contribution < 1.29 is 63.9 Å². The van der Waals surface area contributed by atoms with Crippen LogP contribution in [0.3, 0.4) is 0 Å². The van der Waals surface area contributed by atoms with Crippen LogP contribution in [0.1, 0.15) is 33.6 Å². The Morgan fingerprint density at radius 3 is 2.45 bits per heavy atom. The number of esters is 2. The molecule has 3 aliphatic rings. The molecule has 0 aromatic heterocycles. The first kappa shape index (κ1) is 32.4. The molecule has 13 heteroatoms. The van der Waals surface area contributed by atoms with Gasteiger partial charge in [-0.1, -0.05) is 19.9 Å². The number of aliphatic hydroxyl groups excluding tert-OH is 6. The van der Waals surface area contributed by atoms with Crippen LogP contribution in [0.15, 0.2) is 23.5 Å². The molecule has 0 radical (unpaired) electrons. The van der Waals surface area contributed by atoms with Gasteiger partial charge in [0.25, 0.3) is 0 Å². The largest absolute Gasteiger partial charge is 0.468 e. The van der Waals surface area contributed by atoms with Gasteiger partial charge in [-0.2, -0.15) is 0 Å². The summed E-state index contributed by atoms with van der Waals surface area (Å²) < 4.78 is 27.2. The molecule has 6 N–H and O–H groups in total. The summed E-state index contributed by atoms with van der Waals surface area (Å²) >= 11 is 0. The van der Waals surface area contributed by atoms with E-state index in [9.17, 15) is 40.2 Å². The molecule has 1 saturated carbocycles. The highest BCUT2D eigenvalue weighted by molar-refractivity contribution is 5.90. The second-order valence-corrected chi connectivity index (χ2v) is 10.7. The van der Waals surface area contributed by atoms with E-state index in [0.29, 0.717) is 12.0 Å². The molecule has 40 heavy (non-hydrogen) atoms. The number of rotatable bonds is 10. The molecule has 12 atom stereocenters. The maximum Gasteiger partial charge on any atom is 0.337 e. The van der Waals surface area contributed by atoms with Crippen LogP contribution in [0.25, 0.3) is 0 Å². The third-order valence-corrected chi connectivity index (χ3v) is 8.40. The van der Waals surface area contributed by atoms with Crippen LogP contribution < -0.4 is 0 Å². The van der Waals surface area contributed by atoms with Crippen LogP contribution in [-0.2, 0) is 33.3 Å². The molecule has 2 fully saturated rings. The van der Waals surface area contributed by atoms with Gasteiger partial charge < -0.3 is 54.3 Å². The zero-order valence-electron chi connectivity index (χ0n) is 23.2. The van der Waals surface area contributed by atoms with Crippen molar-refractivity contribution >= 4 is 11.9 Å². The predicted molar refractivity (Wildman–Crippen MR) is 136 cm³/mol. The Morgan fingerprint density at radius 2 is 1.85 bits per heavy atom. The van der Waals surface area contributed by atoms with Crippen molar-refractivity contribution in [2.45, 2.75) is 76.7 Å². The summed E-state index contributed by atoms with van der Waals surface area (Å²) in [5.74, 6) is -2.67. The van der Waals surface area contributed by atoms with Gasteiger partial charge in [0.15, 0.2) is 6.29 Å². The lowest BCUT2D eigenvalue weighted by Gasteiger charge is -2.41. The predicted octanol–water partition coefficient (Wildman–Crippen LogP) is -1.03. The minimum atomic E-state index is -1.69. The first-order valence-electron chi connectivity index (χ1n) is 13.5. The lowest BCUT2D eigenvalue weighted by Crippen LogP contribution is -2.60. The fraction of sp³-hybridized carbons (Fsp3) is 0.778. The van der Waals surface area contributed by atoms with E-state index in [4.69, 9.17) is 23.7 Å².